The summed E-state index contributed by atoms with van der Waals surface area (Å²) in [6.45, 7) is 4.76. The van der Waals surface area contributed by atoms with E-state index in [2.05, 4.69) is 22.9 Å². The van der Waals surface area contributed by atoms with Gasteiger partial charge in [0.05, 0.1) is 11.4 Å². The fourth-order valence-electron chi connectivity index (χ4n) is 6.30. The molecular formula is C28H30N4O2. The molecule has 34 heavy (non-hydrogen) atoms. The highest BCUT2D eigenvalue weighted by Crippen LogP contribution is 2.52. The van der Waals surface area contributed by atoms with Crippen LogP contribution in [0.1, 0.15) is 48.9 Å². The van der Waals surface area contributed by atoms with E-state index in [1.807, 2.05) is 42.5 Å². The Morgan fingerprint density at radius 1 is 1.12 bits per heavy atom. The van der Waals surface area contributed by atoms with Crippen molar-refractivity contribution in [2.45, 2.75) is 50.1 Å². The Bertz CT molecular complexity index is 1290. The van der Waals surface area contributed by atoms with Crippen molar-refractivity contribution in [1.82, 2.24) is 15.2 Å². The number of hydrogen-bond acceptors (Lipinski definition) is 2. The normalized spacial score (nSPS) is 22.2. The monoisotopic (exact) mass is 454 g/mol. The highest BCUT2D eigenvalue weighted by atomic mass is 16.2. The van der Waals surface area contributed by atoms with Crippen LogP contribution in [0.3, 0.4) is 0 Å². The van der Waals surface area contributed by atoms with Gasteiger partial charge in [-0.15, -0.1) is 6.58 Å². The lowest BCUT2D eigenvalue weighted by Crippen LogP contribution is -2.62. The maximum Gasteiger partial charge on any atom is 0.319 e. The Hall–Kier alpha value is -3.54. The van der Waals surface area contributed by atoms with E-state index in [-0.39, 0.29) is 18.0 Å². The standard InChI is InChI=1S/C28H30N4O2/c1-2-17-31-24-15-9-7-13-22(24)28(26(31)33)25-21(20-12-6-8-14-23(20)30-25)16-18-32(28)27(34)29-19-10-4-3-5-11-19/h2,6-9,12-15,19,30H,1,3-5,10-11,16-18H2,(H,29,34). The molecule has 1 atom stereocenters. The molecule has 2 N–H and O–H groups in total. The van der Waals surface area contributed by atoms with Gasteiger partial charge in [-0.05, 0) is 37.0 Å². The van der Waals surface area contributed by atoms with Crippen LogP contribution in [-0.2, 0) is 16.8 Å². The van der Waals surface area contributed by atoms with Crippen molar-refractivity contribution in [3.63, 3.8) is 0 Å². The van der Waals surface area contributed by atoms with Gasteiger partial charge in [0.2, 0.25) is 0 Å². The van der Waals surface area contributed by atoms with E-state index in [9.17, 15) is 9.59 Å². The molecule has 6 heteroatoms. The molecule has 3 aromatic rings. The minimum absolute atomic E-state index is 0.0973. The van der Waals surface area contributed by atoms with Crippen molar-refractivity contribution < 1.29 is 9.59 Å². The first-order valence-electron chi connectivity index (χ1n) is 12.4. The van der Waals surface area contributed by atoms with Crippen molar-refractivity contribution >= 4 is 28.5 Å². The second kappa shape index (κ2) is 8.05. The number of carbonyl (C=O) groups is 2. The van der Waals surface area contributed by atoms with Crippen molar-refractivity contribution in [1.29, 1.82) is 0 Å². The summed E-state index contributed by atoms with van der Waals surface area (Å²) < 4.78 is 0. The Morgan fingerprint density at radius 3 is 2.71 bits per heavy atom. The third kappa shape index (κ3) is 2.87. The molecule has 1 spiro atoms. The highest BCUT2D eigenvalue weighted by Gasteiger charge is 2.60. The molecule has 3 aliphatic rings. The zero-order chi connectivity index (χ0) is 23.3. The molecule has 2 aliphatic heterocycles. The van der Waals surface area contributed by atoms with Crippen LogP contribution >= 0.6 is 0 Å². The first-order valence-corrected chi connectivity index (χ1v) is 12.4. The average Bonchev–Trinajstić information content (AvgIpc) is 3.36. The van der Waals surface area contributed by atoms with Crippen LogP contribution in [0.15, 0.2) is 61.2 Å². The molecule has 174 valence electrons. The third-order valence-electron chi connectivity index (χ3n) is 7.79. The number of urea groups is 1. The summed E-state index contributed by atoms with van der Waals surface area (Å²) in [6.07, 6.45) is 7.94. The number of rotatable bonds is 3. The number of fused-ring (bicyclic) bond motifs is 6. The molecule has 3 heterocycles. The van der Waals surface area contributed by atoms with Crippen LogP contribution in [0.25, 0.3) is 10.9 Å². The molecule has 1 saturated carbocycles. The number of carbonyl (C=O) groups excluding carboxylic acids is 2. The molecule has 6 nitrogen and oxygen atoms in total. The highest BCUT2D eigenvalue weighted by molar-refractivity contribution is 6.12. The summed E-state index contributed by atoms with van der Waals surface area (Å²) in [5, 5.41) is 4.41. The predicted octanol–water partition coefficient (Wildman–Crippen LogP) is 4.84. The van der Waals surface area contributed by atoms with E-state index in [1.165, 1.54) is 6.42 Å². The number of nitrogens with zero attached hydrogens (tertiary/aromatic N) is 2. The largest absolute Gasteiger partial charge is 0.355 e. The van der Waals surface area contributed by atoms with Gasteiger partial charge in [0.25, 0.3) is 5.91 Å². The number of aromatic amines is 1. The third-order valence-corrected chi connectivity index (χ3v) is 7.79. The minimum Gasteiger partial charge on any atom is -0.355 e. The van der Waals surface area contributed by atoms with Crippen molar-refractivity contribution in [3.8, 4) is 0 Å². The van der Waals surface area contributed by atoms with Crippen LogP contribution in [0, 0.1) is 0 Å². The molecule has 1 fully saturated rings. The van der Waals surface area contributed by atoms with Gasteiger partial charge in [0.1, 0.15) is 0 Å². The number of anilines is 1. The zero-order valence-corrected chi connectivity index (χ0v) is 19.3. The first kappa shape index (κ1) is 21.0. The molecule has 6 rings (SSSR count). The molecule has 2 aromatic carbocycles. The van der Waals surface area contributed by atoms with Gasteiger partial charge < -0.3 is 20.1 Å². The smallest absolute Gasteiger partial charge is 0.319 e. The summed E-state index contributed by atoms with van der Waals surface area (Å²) in [5.74, 6) is -0.0973. The number of hydrogen-bond donors (Lipinski definition) is 2. The van der Waals surface area contributed by atoms with Crippen LogP contribution < -0.4 is 10.2 Å². The van der Waals surface area contributed by atoms with Gasteiger partial charge in [-0.3, -0.25) is 4.79 Å². The number of nitrogens with one attached hydrogen (secondary N) is 2. The molecule has 1 aliphatic carbocycles. The lowest BCUT2D eigenvalue weighted by atomic mass is 9.80. The second-order valence-electron chi connectivity index (χ2n) is 9.64. The lowest BCUT2D eigenvalue weighted by molar-refractivity contribution is -0.126. The van der Waals surface area contributed by atoms with Crippen molar-refractivity contribution in [2.24, 2.45) is 0 Å². The Balaban J connectivity index is 1.56. The molecule has 0 saturated heterocycles. The Morgan fingerprint density at radius 2 is 1.88 bits per heavy atom. The van der Waals surface area contributed by atoms with E-state index in [4.69, 9.17) is 0 Å². The molecule has 0 bridgehead atoms. The predicted molar refractivity (Wildman–Crippen MR) is 134 cm³/mol. The topological polar surface area (TPSA) is 68.4 Å². The maximum absolute atomic E-state index is 14.4. The summed E-state index contributed by atoms with van der Waals surface area (Å²) in [6, 6.07) is 16.1. The molecule has 1 unspecified atom stereocenters. The molecule has 3 amide bonds. The van der Waals surface area contributed by atoms with Crippen LogP contribution in [0.5, 0.6) is 0 Å². The van der Waals surface area contributed by atoms with E-state index in [1.54, 1.807) is 15.9 Å². The van der Waals surface area contributed by atoms with Crippen molar-refractivity contribution in [2.75, 3.05) is 18.0 Å². The number of benzene rings is 2. The fourth-order valence-corrected chi connectivity index (χ4v) is 6.30. The first-order chi connectivity index (χ1) is 16.7. The molecule has 0 radical (unpaired) electrons. The maximum atomic E-state index is 14.4. The summed E-state index contributed by atoms with van der Waals surface area (Å²) in [4.78, 5) is 35.4. The summed E-state index contributed by atoms with van der Waals surface area (Å²) in [7, 11) is 0. The van der Waals surface area contributed by atoms with Crippen molar-refractivity contribution in [3.05, 3.63) is 78.0 Å². The Labute approximate surface area is 199 Å². The van der Waals surface area contributed by atoms with Gasteiger partial charge >= 0.3 is 6.03 Å². The number of H-pyrrole nitrogens is 1. The van der Waals surface area contributed by atoms with Gasteiger partial charge in [0.15, 0.2) is 5.54 Å². The van der Waals surface area contributed by atoms with Gasteiger partial charge in [-0.1, -0.05) is 61.7 Å². The lowest BCUT2D eigenvalue weighted by Gasteiger charge is -2.44. The van der Waals surface area contributed by atoms with E-state index in [0.717, 1.165) is 59.1 Å². The molecular weight excluding hydrogens is 424 g/mol. The SMILES string of the molecule is C=CCN1C(=O)C2(c3ccccc31)c1[nH]c3ccccc3c1CCN2C(=O)NC1CCCCC1. The van der Waals surface area contributed by atoms with E-state index >= 15 is 0 Å². The van der Waals surface area contributed by atoms with Gasteiger partial charge in [-0.25, -0.2) is 4.79 Å². The Kier molecular flexibility index (Phi) is 4.97. The second-order valence-corrected chi connectivity index (χ2v) is 9.64. The van der Waals surface area contributed by atoms with Gasteiger partial charge in [-0.2, -0.15) is 0 Å². The van der Waals surface area contributed by atoms with Gasteiger partial charge in [0, 0.05) is 35.6 Å². The van der Waals surface area contributed by atoms with Crippen LogP contribution in [-0.4, -0.2) is 41.0 Å². The quantitative estimate of drug-likeness (QED) is 0.556. The number of amides is 3. The summed E-state index contributed by atoms with van der Waals surface area (Å²) >= 11 is 0. The van der Waals surface area contributed by atoms with E-state index < -0.39 is 5.54 Å². The van der Waals surface area contributed by atoms with E-state index in [0.29, 0.717) is 19.5 Å². The number of aromatic nitrogens is 1. The van der Waals surface area contributed by atoms with Crippen LogP contribution in [0.2, 0.25) is 0 Å². The molecule has 1 aromatic heterocycles. The average molecular weight is 455 g/mol. The van der Waals surface area contributed by atoms with Crippen LogP contribution in [0.4, 0.5) is 10.5 Å². The minimum atomic E-state index is -1.22. The fraction of sp³-hybridized carbons (Fsp3) is 0.357. The number of para-hydroxylation sites is 2. The zero-order valence-electron chi connectivity index (χ0n) is 19.3. The summed E-state index contributed by atoms with van der Waals surface area (Å²) in [5.41, 5.74) is 3.42.